The number of nitrogens with one attached hydrogen (secondary N) is 2. The van der Waals surface area contributed by atoms with Crippen molar-refractivity contribution in [2.24, 2.45) is 5.92 Å². The van der Waals surface area contributed by atoms with Crippen molar-refractivity contribution in [2.75, 3.05) is 27.2 Å². The molecule has 0 aromatic carbocycles. The first-order valence-corrected chi connectivity index (χ1v) is 12.9. The van der Waals surface area contributed by atoms with Crippen molar-refractivity contribution in [3.63, 3.8) is 0 Å². The maximum Gasteiger partial charge on any atom is 0.241 e. The van der Waals surface area contributed by atoms with Gasteiger partial charge in [0.05, 0.1) is 12.1 Å². The van der Waals surface area contributed by atoms with Gasteiger partial charge in [-0.15, -0.1) is 12.8 Å². The number of methoxy groups -OCH3 is 1. The van der Waals surface area contributed by atoms with E-state index in [-0.39, 0.29) is 30.0 Å². The van der Waals surface area contributed by atoms with Gasteiger partial charge in [-0.25, -0.2) is 0 Å². The molecule has 0 saturated heterocycles. The average molecular weight is 504 g/mol. The Morgan fingerprint density at radius 3 is 1.71 bits per heavy atom. The van der Waals surface area contributed by atoms with Crippen LogP contribution in [0.4, 0.5) is 0 Å². The van der Waals surface area contributed by atoms with E-state index in [0.717, 1.165) is 25.2 Å². The molecule has 0 aromatic rings. The highest BCUT2D eigenvalue weighted by Crippen LogP contribution is 2.02. The highest BCUT2D eigenvalue weighted by molar-refractivity contribution is 5.79. The Balaban J connectivity index is -0.000000108. The normalized spacial score (nSPS) is 9.74. The van der Waals surface area contributed by atoms with Crippen molar-refractivity contribution in [1.29, 1.82) is 0 Å². The lowest BCUT2D eigenvalue weighted by Crippen LogP contribution is -2.35. The fourth-order valence-corrected chi connectivity index (χ4v) is 1.47. The quantitative estimate of drug-likeness (QED) is 0.228. The van der Waals surface area contributed by atoms with Gasteiger partial charge in [0.1, 0.15) is 0 Å². The number of hydrogen-bond acceptors (Lipinski definition) is 4. The molecule has 1 unspecified atom stereocenters. The summed E-state index contributed by atoms with van der Waals surface area (Å²) >= 11 is 0. The van der Waals surface area contributed by atoms with Crippen LogP contribution < -0.4 is 10.6 Å². The Morgan fingerprint density at radius 1 is 1.00 bits per heavy atom. The maximum atomic E-state index is 11.5. The van der Waals surface area contributed by atoms with E-state index in [1.54, 1.807) is 19.1 Å². The topological polar surface area (TPSA) is 87.7 Å². The van der Waals surface area contributed by atoms with Gasteiger partial charge in [-0.3, -0.25) is 14.4 Å². The molecule has 0 aliphatic rings. The molecule has 0 rings (SSSR count). The molecule has 0 heterocycles. The highest BCUT2D eigenvalue weighted by Gasteiger charge is 2.09. The second-order valence-corrected chi connectivity index (χ2v) is 8.70. The predicted octanol–water partition coefficient (Wildman–Crippen LogP) is 5.67. The third-order valence-electron chi connectivity index (χ3n) is 3.54. The standard InChI is InChI=1S/C13H25N3O3.C5H12O.C4H10.2C2H6.C2H2/c1-4-11(2)15-12(18)7-5-6-8-16(3)13(19)9-14-10-17;1-5(2,3)6-4;1-4(2)3;3*1-2/h10-11H,4-9H2,1-3H3,(H,14,17)(H,15,18);1-4H3;4H,1-3H3;2*1-2H3;1-2H. The fourth-order valence-electron chi connectivity index (χ4n) is 1.47. The molecule has 35 heavy (non-hydrogen) atoms. The van der Waals surface area contributed by atoms with Crippen molar-refractivity contribution in [3.05, 3.63) is 0 Å². The molecule has 3 amide bonds. The smallest absolute Gasteiger partial charge is 0.241 e. The third kappa shape index (κ3) is 59.5. The van der Waals surface area contributed by atoms with E-state index >= 15 is 0 Å². The van der Waals surface area contributed by atoms with Gasteiger partial charge < -0.3 is 20.3 Å². The summed E-state index contributed by atoms with van der Waals surface area (Å²) in [4.78, 5) is 34.5. The number of nitrogens with zero attached hydrogens (tertiary/aromatic N) is 1. The molecule has 0 aromatic heterocycles. The minimum absolute atomic E-state index is 0.0223. The molecule has 212 valence electrons. The molecule has 2 N–H and O–H groups in total. The summed E-state index contributed by atoms with van der Waals surface area (Å²) in [7, 11) is 3.40. The van der Waals surface area contributed by atoms with Gasteiger partial charge in [0.25, 0.3) is 0 Å². The molecule has 1 atom stereocenters. The summed E-state index contributed by atoms with van der Waals surface area (Å²) in [5.41, 5.74) is 0.0417. The van der Waals surface area contributed by atoms with Crippen LogP contribution in [-0.4, -0.2) is 62.0 Å². The second-order valence-electron chi connectivity index (χ2n) is 8.70. The van der Waals surface area contributed by atoms with Gasteiger partial charge >= 0.3 is 0 Å². The Bertz CT molecular complexity index is 456. The van der Waals surface area contributed by atoms with E-state index in [2.05, 4.69) is 44.3 Å². The van der Waals surface area contributed by atoms with Crippen molar-refractivity contribution < 1.29 is 19.1 Å². The zero-order valence-electron chi connectivity index (χ0n) is 25.7. The lowest BCUT2D eigenvalue weighted by atomic mass is 10.2. The molecule has 0 spiro atoms. The summed E-state index contributed by atoms with van der Waals surface area (Å²) in [6.45, 7) is 25.2. The maximum absolute atomic E-state index is 11.5. The van der Waals surface area contributed by atoms with Crippen molar-refractivity contribution >= 4 is 18.2 Å². The van der Waals surface area contributed by atoms with E-state index in [1.807, 2.05) is 62.3 Å². The summed E-state index contributed by atoms with van der Waals surface area (Å²) in [6, 6.07) is 0.214. The minimum atomic E-state index is -0.129. The van der Waals surface area contributed by atoms with Gasteiger partial charge in [0.2, 0.25) is 18.2 Å². The number of unbranched alkanes of at least 4 members (excludes halogenated alkanes) is 1. The summed E-state index contributed by atoms with van der Waals surface area (Å²) in [6.07, 6.45) is 11.4. The van der Waals surface area contributed by atoms with Crippen LogP contribution in [0.25, 0.3) is 0 Å². The van der Waals surface area contributed by atoms with Crippen LogP contribution in [0.5, 0.6) is 0 Å². The Labute approximate surface area is 219 Å². The van der Waals surface area contributed by atoms with E-state index < -0.39 is 0 Å². The molecule has 0 bridgehead atoms. The molecule has 7 heteroatoms. The Kier molecular flexibility index (Phi) is 48.3. The van der Waals surface area contributed by atoms with Crippen LogP contribution in [0.1, 0.15) is 109 Å². The molecule has 0 radical (unpaired) electrons. The Hall–Kier alpha value is -2.07. The number of terminal acetylenes is 1. The van der Waals surface area contributed by atoms with Crippen LogP contribution in [0, 0.1) is 18.8 Å². The molecule has 7 nitrogen and oxygen atoms in total. The highest BCUT2D eigenvalue weighted by atomic mass is 16.5. The van der Waals surface area contributed by atoms with Gasteiger partial charge in [0, 0.05) is 33.2 Å². The number of carbonyl (C=O) groups excluding carboxylic acids is 3. The van der Waals surface area contributed by atoms with Gasteiger partial charge in [0.15, 0.2) is 0 Å². The first-order valence-electron chi connectivity index (χ1n) is 12.9. The van der Waals surface area contributed by atoms with Crippen molar-refractivity contribution in [3.8, 4) is 12.8 Å². The Morgan fingerprint density at radius 2 is 1.40 bits per heavy atom. The van der Waals surface area contributed by atoms with E-state index in [0.29, 0.717) is 19.4 Å². The molecular weight excluding hydrogens is 442 g/mol. The number of ether oxygens (including phenoxy) is 1. The van der Waals surface area contributed by atoms with Crippen molar-refractivity contribution in [1.82, 2.24) is 15.5 Å². The third-order valence-corrected chi connectivity index (χ3v) is 3.54. The summed E-state index contributed by atoms with van der Waals surface area (Å²) < 4.78 is 4.94. The average Bonchev–Trinajstić information content (AvgIpc) is 2.83. The van der Waals surface area contributed by atoms with Gasteiger partial charge in [-0.2, -0.15) is 0 Å². The first-order chi connectivity index (χ1) is 16.3. The van der Waals surface area contributed by atoms with Crippen molar-refractivity contribution in [2.45, 2.75) is 120 Å². The second kappa shape index (κ2) is 36.5. The van der Waals surface area contributed by atoms with Crippen LogP contribution in [0.15, 0.2) is 0 Å². The first kappa shape index (κ1) is 46.3. The SMILES string of the molecule is C#C.CC.CC.CC(C)C.CCC(C)NC(=O)CCCCN(C)C(=O)CNC=O.COC(C)(C)C. The molecule has 0 fully saturated rings. The zero-order chi connectivity index (χ0) is 29.5. The van der Waals surface area contributed by atoms with E-state index in [1.165, 1.54) is 0 Å². The number of likely N-dealkylation sites (N-methyl/N-ethyl adjacent to an activating group) is 1. The van der Waals surface area contributed by atoms with Crippen LogP contribution in [0.2, 0.25) is 0 Å². The zero-order valence-corrected chi connectivity index (χ0v) is 25.7. The fraction of sp³-hybridized carbons (Fsp3) is 0.821. The number of rotatable bonds is 10. The lowest BCUT2D eigenvalue weighted by molar-refractivity contribution is -0.130. The van der Waals surface area contributed by atoms with Gasteiger partial charge in [-0.05, 0) is 52.9 Å². The molecule has 0 aliphatic carbocycles. The van der Waals surface area contributed by atoms with Crippen LogP contribution in [-0.2, 0) is 19.1 Å². The van der Waals surface area contributed by atoms with Gasteiger partial charge in [-0.1, -0.05) is 55.4 Å². The molecule has 0 aliphatic heterocycles. The number of carbonyl (C=O) groups is 3. The van der Waals surface area contributed by atoms with E-state index in [4.69, 9.17) is 4.74 Å². The predicted molar refractivity (Wildman–Crippen MR) is 153 cm³/mol. The molecular formula is C28H61N3O4. The minimum Gasteiger partial charge on any atom is -0.379 e. The van der Waals surface area contributed by atoms with Crippen LogP contribution >= 0.6 is 0 Å². The van der Waals surface area contributed by atoms with Crippen LogP contribution in [0.3, 0.4) is 0 Å². The lowest BCUT2D eigenvalue weighted by Gasteiger charge is -2.16. The van der Waals surface area contributed by atoms with E-state index in [9.17, 15) is 14.4 Å². The monoisotopic (exact) mass is 503 g/mol. The summed E-state index contributed by atoms with van der Waals surface area (Å²) in [5, 5.41) is 5.23. The molecule has 0 saturated carbocycles. The number of amides is 3. The largest absolute Gasteiger partial charge is 0.379 e. The number of hydrogen-bond donors (Lipinski definition) is 2. The summed E-state index contributed by atoms with van der Waals surface area (Å²) in [5.74, 6) is 0.766.